The van der Waals surface area contributed by atoms with Gasteiger partial charge in [-0.15, -0.1) is 0 Å². The van der Waals surface area contributed by atoms with Crippen molar-refractivity contribution < 1.29 is 0 Å². The third kappa shape index (κ3) is 3.62. The molecular formula is C14H23ClN2. The fourth-order valence-electron chi connectivity index (χ4n) is 2.19. The summed E-state index contributed by atoms with van der Waals surface area (Å²) in [6, 6.07) is 6.80. The lowest BCUT2D eigenvalue weighted by Crippen LogP contribution is -2.30. The quantitative estimate of drug-likeness (QED) is 0.842. The molecule has 0 spiro atoms. The van der Waals surface area contributed by atoms with Crippen LogP contribution in [0.3, 0.4) is 0 Å². The van der Waals surface area contributed by atoms with E-state index < -0.39 is 0 Å². The second kappa shape index (κ2) is 6.87. The van der Waals surface area contributed by atoms with Gasteiger partial charge in [0.25, 0.3) is 0 Å². The van der Waals surface area contributed by atoms with Crippen LogP contribution in [-0.4, -0.2) is 19.6 Å². The topological polar surface area (TPSA) is 29.3 Å². The van der Waals surface area contributed by atoms with Crippen LogP contribution in [0.4, 0.5) is 5.69 Å². The van der Waals surface area contributed by atoms with E-state index in [-0.39, 0.29) is 0 Å². The number of anilines is 1. The van der Waals surface area contributed by atoms with E-state index in [1.54, 1.807) is 0 Å². The Labute approximate surface area is 110 Å². The molecule has 0 saturated heterocycles. The highest BCUT2D eigenvalue weighted by Crippen LogP contribution is 2.28. The summed E-state index contributed by atoms with van der Waals surface area (Å²) in [4.78, 5) is 2.27. The van der Waals surface area contributed by atoms with Crippen LogP contribution >= 0.6 is 11.6 Å². The van der Waals surface area contributed by atoms with E-state index in [1.807, 2.05) is 6.07 Å². The molecule has 0 saturated carbocycles. The number of halogens is 1. The third-order valence-electron chi connectivity index (χ3n) is 3.32. The van der Waals surface area contributed by atoms with Crippen molar-refractivity contribution in [2.24, 2.45) is 5.73 Å². The van der Waals surface area contributed by atoms with Gasteiger partial charge in [-0.05, 0) is 43.5 Å². The lowest BCUT2D eigenvalue weighted by Gasteiger charge is -2.29. The molecule has 0 unspecified atom stereocenters. The zero-order chi connectivity index (χ0) is 12.8. The molecule has 17 heavy (non-hydrogen) atoms. The van der Waals surface area contributed by atoms with Gasteiger partial charge in [0.2, 0.25) is 0 Å². The summed E-state index contributed by atoms with van der Waals surface area (Å²) in [6.07, 6.45) is 3.15. The minimum Gasteiger partial charge on any atom is -0.370 e. The molecule has 0 aliphatic heterocycles. The molecule has 0 bridgehead atoms. The van der Waals surface area contributed by atoms with Crippen molar-refractivity contribution >= 4 is 17.3 Å². The lowest BCUT2D eigenvalue weighted by molar-refractivity contribution is 0.591. The van der Waals surface area contributed by atoms with Gasteiger partial charge in [0.05, 0.1) is 10.7 Å². The molecule has 0 fully saturated rings. The average molecular weight is 255 g/mol. The smallest absolute Gasteiger partial charge is 0.0642 e. The molecule has 0 amide bonds. The fourth-order valence-corrected chi connectivity index (χ4v) is 2.53. The summed E-state index contributed by atoms with van der Waals surface area (Å²) in [5.74, 6) is 0. The molecule has 2 nitrogen and oxygen atoms in total. The molecule has 1 aromatic rings. The monoisotopic (exact) mass is 254 g/mol. The number of rotatable bonds is 6. The predicted octanol–water partition coefficient (Wildman–Crippen LogP) is 3.47. The van der Waals surface area contributed by atoms with E-state index >= 15 is 0 Å². The summed E-state index contributed by atoms with van der Waals surface area (Å²) in [5, 5.41) is 0.824. The second-order valence-corrected chi connectivity index (χ2v) is 4.81. The Morgan fingerprint density at radius 2 is 1.94 bits per heavy atom. The predicted molar refractivity (Wildman–Crippen MR) is 77.0 cm³/mol. The Bertz CT molecular complexity index is 348. The molecule has 0 aromatic heterocycles. The highest BCUT2D eigenvalue weighted by Gasteiger charge is 2.13. The molecule has 2 N–H and O–H groups in total. The maximum Gasteiger partial charge on any atom is 0.0642 e. The normalized spacial score (nSPS) is 10.9. The minimum atomic E-state index is 0.549. The Kier molecular flexibility index (Phi) is 5.79. The van der Waals surface area contributed by atoms with E-state index in [2.05, 4.69) is 37.9 Å². The summed E-state index contributed by atoms with van der Waals surface area (Å²) < 4.78 is 0. The fraction of sp³-hybridized carbons (Fsp3) is 0.571. The van der Waals surface area contributed by atoms with Crippen molar-refractivity contribution in [1.29, 1.82) is 0 Å². The SMILES string of the molecule is CCC(CC)N(C)c1ccc(CCN)cc1Cl. The number of nitrogens with zero attached hydrogens (tertiary/aromatic N) is 1. The van der Waals surface area contributed by atoms with Crippen LogP contribution in [0.1, 0.15) is 32.3 Å². The summed E-state index contributed by atoms with van der Waals surface area (Å²) in [6.45, 7) is 5.08. The molecule has 1 aromatic carbocycles. The molecule has 0 aliphatic rings. The van der Waals surface area contributed by atoms with Crippen molar-refractivity contribution in [1.82, 2.24) is 0 Å². The van der Waals surface area contributed by atoms with Gasteiger partial charge in [-0.1, -0.05) is 31.5 Å². The highest BCUT2D eigenvalue weighted by atomic mass is 35.5. The second-order valence-electron chi connectivity index (χ2n) is 4.41. The zero-order valence-corrected chi connectivity index (χ0v) is 11.8. The van der Waals surface area contributed by atoms with Gasteiger partial charge < -0.3 is 10.6 Å². The number of hydrogen-bond acceptors (Lipinski definition) is 2. The Balaban J connectivity index is 2.90. The molecule has 96 valence electrons. The van der Waals surface area contributed by atoms with Gasteiger partial charge in [0, 0.05) is 13.1 Å². The van der Waals surface area contributed by atoms with Gasteiger partial charge >= 0.3 is 0 Å². The van der Waals surface area contributed by atoms with Gasteiger partial charge in [-0.2, -0.15) is 0 Å². The molecule has 0 heterocycles. The molecule has 3 heteroatoms. The van der Waals surface area contributed by atoms with Crippen LogP contribution < -0.4 is 10.6 Å². The van der Waals surface area contributed by atoms with Crippen molar-refractivity contribution in [3.05, 3.63) is 28.8 Å². The number of hydrogen-bond donors (Lipinski definition) is 1. The number of benzene rings is 1. The maximum absolute atomic E-state index is 6.34. The van der Waals surface area contributed by atoms with Crippen molar-refractivity contribution in [3.63, 3.8) is 0 Å². The van der Waals surface area contributed by atoms with Crippen molar-refractivity contribution in [2.75, 3.05) is 18.5 Å². The first-order valence-corrected chi connectivity index (χ1v) is 6.73. The van der Waals surface area contributed by atoms with E-state index in [0.29, 0.717) is 12.6 Å². The Morgan fingerprint density at radius 3 is 2.41 bits per heavy atom. The summed E-state index contributed by atoms with van der Waals surface area (Å²) in [7, 11) is 2.11. The van der Waals surface area contributed by atoms with Crippen molar-refractivity contribution in [2.45, 2.75) is 39.2 Å². The molecule has 1 rings (SSSR count). The standard InChI is InChI=1S/C14H23ClN2/c1-4-12(5-2)17(3)14-7-6-11(8-9-16)10-13(14)15/h6-7,10,12H,4-5,8-9,16H2,1-3H3. The molecule has 0 aliphatic carbocycles. The zero-order valence-electron chi connectivity index (χ0n) is 11.0. The average Bonchev–Trinajstić information content (AvgIpc) is 2.31. The summed E-state index contributed by atoms with van der Waals surface area (Å²) >= 11 is 6.34. The minimum absolute atomic E-state index is 0.549. The maximum atomic E-state index is 6.34. The van der Waals surface area contributed by atoms with Gasteiger partial charge in [0.1, 0.15) is 0 Å². The Morgan fingerprint density at radius 1 is 1.29 bits per heavy atom. The van der Waals surface area contributed by atoms with Crippen LogP contribution in [0.25, 0.3) is 0 Å². The molecule has 0 atom stereocenters. The van der Waals surface area contributed by atoms with E-state index in [1.165, 1.54) is 5.56 Å². The van der Waals surface area contributed by atoms with Crippen LogP contribution in [0.5, 0.6) is 0 Å². The first-order chi connectivity index (χ1) is 8.13. The lowest BCUT2D eigenvalue weighted by atomic mass is 10.1. The first kappa shape index (κ1) is 14.3. The number of nitrogens with two attached hydrogens (primary N) is 1. The van der Waals surface area contributed by atoms with Crippen LogP contribution in [0, 0.1) is 0 Å². The van der Waals surface area contributed by atoms with Crippen molar-refractivity contribution in [3.8, 4) is 0 Å². The largest absolute Gasteiger partial charge is 0.370 e. The third-order valence-corrected chi connectivity index (χ3v) is 3.62. The van der Waals surface area contributed by atoms with Gasteiger partial charge in [0.15, 0.2) is 0 Å². The van der Waals surface area contributed by atoms with E-state index in [0.717, 1.165) is 30.0 Å². The van der Waals surface area contributed by atoms with Crippen LogP contribution in [0.2, 0.25) is 5.02 Å². The first-order valence-electron chi connectivity index (χ1n) is 6.35. The van der Waals surface area contributed by atoms with Gasteiger partial charge in [-0.25, -0.2) is 0 Å². The van der Waals surface area contributed by atoms with E-state index in [9.17, 15) is 0 Å². The molecular weight excluding hydrogens is 232 g/mol. The summed E-state index contributed by atoms with van der Waals surface area (Å²) in [5.41, 5.74) is 7.87. The molecule has 0 radical (unpaired) electrons. The van der Waals surface area contributed by atoms with Gasteiger partial charge in [-0.3, -0.25) is 0 Å². The van der Waals surface area contributed by atoms with Crippen LogP contribution in [-0.2, 0) is 6.42 Å². The van der Waals surface area contributed by atoms with Crippen LogP contribution in [0.15, 0.2) is 18.2 Å². The highest BCUT2D eigenvalue weighted by molar-refractivity contribution is 6.33. The Hall–Kier alpha value is -0.730. The van der Waals surface area contributed by atoms with E-state index in [4.69, 9.17) is 17.3 Å².